The van der Waals surface area contributed by atoms with Crippen LogP contribution >= 0.6 is 0 Å². The Kier molecular flexibility index (Phi) is 7.76. The van der Waals surface area contributed by atoms with Gasteiger partial charge in [-0.15, -0.1) is 0 Å². The number of ketones is 1. The van der Waals surface area contributed by atoms with Crippen molar-refractivity contribution in [1.82, 2.24) is 14.6 Å². The first-order chi connectivity index (χ1) is 19.2. The van der Waals surface area contributed by atoms with E-state index in [9.17, 15) is 28.1 Å². The van der Waals surface area contributed by atoms with Crippen LogP contribution in [0.15, 0.2) is 36.4 Å². The lowest BCUT2D eigenvalue weighted by Crippen LogP contribution is -2.47. The topological polar surface area (TPSA) is 144 Å². The monoisotopic (exact) mass is 564 g/mol. The van der Waals surface area contributed by atoms with Crippen molar-refractivity contribution in [3.63, 3.8) is 0 Å². The zero-order valence-electron chi connectivity index (χ0n) is 22.4. The zero-order chi connectivity index (χ0) is 28.4. The molecule has 3 fully saturated rings. The molecule has 40 heavy (non-hydrogen) atoms. The van der Waals surface area contributed by atoms with Gasteiger partial charge in [-0.3, -0.25) is 18.7 Å². The summed E-state index contributed by atoms with van der Waals surface area (Å²) in [6, 6.07) is 12.2. The number of nitrogens with one attached hydrogen (secondary N) is 1. The van der Waals surface area contributed by atoms with E-state index in [0.717, 1.165) is 23.6 Å². The van der Waals surface area contributed by atoms with Crippen LogP contribution in [0.25, 0.3) is 0 Å². The third-order valence-corrected chi connectivity index (χ3v) is 9.19. The third kappa shape index (κ3) is 5.79. The number of hydrogen-bond donors (Lipinski definition) is 1. The number of para-hydroxylation sites is 1. The van der Waals surface area contributed by atoms with Crippen LogP contribution in [-0.2, 0) is 26.3 Å². The molecular weight excluding hydrogens is 532 g/mol. The van der Waals surface area contributed by atoms with Crippen molar-refractivity contribution in [1.29, 1.82) is 5.26 Å². The largest absolute Gasteiger partial charge is 0.355 e. The minimum absolute atomic E-state index is 0.0252. The van der Waals surface area contributed by atoms with E-state index >= 15 is 0 Å². The van der Waals surface area contributed by atoms with E-state index in [1.165, 1.54) is 7.05 Å². The molecule has 210 valence electrons. The molecule has 1 aromatic carbocycles. The fraction of sp³-hybridized carbons (Fsp3) is 0.464. The van der Waals surface area contributed by atoms with Gasteiger partial charge in [0.1, 0.15) is 11.9 Å². The van der Waals surface area contributed by atoms with Gasteiger partial charge >= 0.3 is 10.2 Å². The average molecular weight is 565 g/mol. The molecule has 11 nitrogen and oxygen atoms in total. The molecule has 2 amide bonds. The highest BCUT2D eigenvalue weighted by molar-refractivity contribution is 7.91. The predicted octanol–water partition coefficient (Wildman–Crippen LogP) is 2.38. The molecule has 2 aromatic rings. The minimum Gasteiger partial charge on any atom is -0.355 e. The fourth-order valence-corrected chi connectivity index (χ4v) is 6.18. The van der Waals surface area contributed by atoms with Crippen molar-refractivity contribution < 1.29 is 22.8 Å². The number of carbonyl (C=O) groups is 3. The molecular formula is C28H32N6O5S. The Morgan fingerprint density at radius 2 is 1.80 bits per heavy atom. The number of anilines is 2. The highest BCUT2D eigenvalue weighted by Gasteiger charge is 2.35. The van der Waals surface area contributed by atoms with E-state index < -0.39 is 22.0 Å². The molecule has 3 aliphatic rings. The number of nitrogens with zero attached hydrogens (tertiary/aromatic N) is 5. The van der Waals surface area contributed by atoms with Crippen molar-refractivity contribution in [3.05, 3.63) is 53.2 Å². The Bertz CT molecular complexity index is 1460. The number of piperidine rings is 1. The lowest BCUT2D eigenvalue weighted by Gasteiger charge is -2.33. The summed E-state index contributed by atoms with van der Waals surface area (Å²) >= 11 is 0. The number of nitriles is 1. The number of carbonyl (C=O) groups excluding carboxylic acids is 3. The number of Topliss-reactive ketones (excluding diaryl/α,β-unsaturated/α-hetero) is 1. The van der Waals surface area contributed by atoms with Gasteiger partial charge in [-0.05, 0) is 50.3 Å². The van der Waals surface area contributed by atoms with E-state index in [-0.39, 0.29) is 29.7 Å². The summed E-state index contributed by atoms with van der Waals surface area (Å²) in [6.45, 7) is 1.59. The maximum atomic E-state index is 13.0. The Labute approximate surface area is 233 Å². The summed E-state index contributed by atoms with van der Waals surface area (Å²) in [5.41, 5.74) is 1.61. The van der Waals surface area contributed by atoms with Crippen molar-refractivity contribution >= 4 is 39.3 Å². The molecule has 1 aliphatic carbocycles. The van der Waals surface area contributed by atoms with Crippen molar-refractivity contribution in [2.45, 2.75) is 45.1 Å². The van der Waals surface area contributed by atoms with E-state index in [2.05, 4.69) is 10.8 Å². The number of amides is 2. The van der Waals surface area contributed by atoms with Crippen molar-refractivity contribution in [3.8, 4) is 6.07 Å². The number of pyridine rings is 1. The molecule has 5 rings (SSSR count). The molecule has 1 saturated carbocycles. The highest BCUT2D eigenvalue weighted by Crippen LogP contribution is 2.35. The van der Waals surface area contributed by atoms with Crippen LogP contribution < -0.4 is 13.9 Å². The Morgan fingerprint density at radius 1 is 1.10 bits per heavy atom. The number of benzene rings is 1. The van der Waals surface area contributed by atoms with Crippen LogP contribution in [0.4, 0.5) is 11.5 Å². The summed E-state index contributed by atoms with van der Waals surface area (Å²) < 4.78 is 28.8. The molecule has 3 heterocycles. The predicted molar refractivity (Wildman–Crippen MR) is 148 cm³/mol. The lowest BCUT2D eigenvalue weighted by molar-refractivity contribution is -0.128. The number of rotatable bonds is 9. The molecule has 1 N–H and O–H groups in total. The Morgan fingerprint density at radius 3 is 2.40 bits per heavy atom. The van der Waals surface area contributed by atoms with Crippen LogP contribution in [-0.4, -0.2) is 62.6 Å². The first kappa shape index (κ1) is 27.6. The molecule has 0 spiro atoms. The van der Waals surface area contributed by atoms with Crippen LogP contribution in [0.5, 0.6) is 0 Å². The molecule has 0 atom stereocenters. The lowest BCUT2D eigenvalue weighted by atomic mass is 9.95. The van der Waals surface area contributed by atoms with Gasteiger partial charge in [0.05, 0.1) is 23.5 Å². The Hall–Kier alpha value is -3.98. The van der Waals surface area contributed by atoms with E-state index in [4.69, 9.17) is 4.98 Å². The first-order valence-corrected chi connectivity index (χ1v) is 15.0. The van der Waals surface area contributed by atoms with Gasteiger partial charge in [0.2, 0.25) is 11.8 Å². The van der Waals surface area contributed by atoms with E-state index in [1.807, 2.05) is 4.90 Å². The first-order valence-electron chi connectivity index (χ1n) is 13.5. The van der Waals surface area contributed by atoms with Crippen molar-refractivity contribution in [2.75, 3.05) is 35.9 Å². The second kappa shape index (κ2) is 11.3. The van der Waals surface area contributed by atoms with Crippen molar-refractivity contribution in [2.24, 2.45) is 11.8 Å². The smallest absolute Gasteiger partial charge is 0.325 e. The van der Waals surface area contributed by atoms with Gasteiger partial charge in [-0.1, -0.05) is 18.2 Å². The molecule has 2 aliphatic heterocycles. The van der Waals surface area contributed by atoms with Crippen LogP contribution in [0.3, 0.4) is 0 Å². The van der Waals surface area contributed by atoms with Gasteiger partial charge in [-0.25, -0.2) is 9.71 Å². The summed E-state index contributed by atoms with van der Waals surface area (Å²) in [6.07, 6.45) is 3.60. The maximum absolute atomic E-state index is 13.0. The van der Waals surface area contributed by atoms with Gasteiger partial charge in [-0.2, -0.15) is 13.7 Å². The van der Waals surface area contributed by atoms with Gasteiger partial charge in [0.25, 0.3) is 0 Å². The quantitative estimate of drug-likeness (QED) is 0.457. The highest BCUT2D eigenvalue weighted by atomic mass is 32.2. The maximum Gasteiger partial charge on any atom is 0.325 e. The summed E-state index contributed by atoms with van der Waals surface area (Å²) in [5.74, 6) is -0.746. The zero-order valence-corrected chi connectivity index (χ0v) is 23.2. The van der Waals surface area contributed by atoms with Gasteiger partial charge < -0.3 is 9.80 Å². The summed E-state index contributed by atoms with van der Waals surface area (Å²) in [7, 11) is -2.69. The van der Waals surface area contributed by atoms with Crippen LogP contribution in [0.1, 0.15) is 60.1 Å². The molecule has 2 saturated heterocycles. The molecule has 0 unspecified atom stereocenters. The average Bonchev–Trinajstić information content (AvgIpc) is 3.74. The number of hydrogen-bond acceptors (Lipinski definition) is 8. The molecule has 1 aromatic heterocycles. The minimum atomic E-state index is -4.07. The number of aromatic nitrogens is 1. The Balaban J connectivity index is 1.30. The van der Waals surface area contributed by atoms with Gasteiger partial charge in [0, 0.05) is 50.5 Å². The SMILES string of the molecule is CN(c1ccccc1)S(=O)(=O)NC(=O)C1CCN(c2nc(CN3CCCC3=O)c(C(=O)C3CC3)cc2C#N)CC1. The van der Waals surface area contributed by atoms with E-state index in [1.54, 1.807) is 41.3 Å². The second-order valence-corrected chi connectivity index (χ2v) is 12.3. The fourth-order valence-electron chi connectivity index (χ4n) is 5.22. The van der Waals surface area contributed by atoms with Crippen LogP contribution in [0, 0.1) is 23.2 Å². The van der Waals surface area contributed by atoms with E-state index in [0.29, 0.717) is 61.7 Å². The summed E-state index contributed by atoms with van der Waals surface area (Å²) in [4.78, 5) is 46.6. The summed E-state index contributed by atoms with van der Waals surface area (Å²) in [5, 5.41) is 9.91. The standard InChI is InChI=1S/C28H32N6O5S/c1-32(22-6-3-2-4-7-22)40(38,39)31-28(37)20-11-14-33(15-12-20)27-21(17-29)16-23(26(36)19-9-10-19)24(30-27)18-34-13-5-8-25(34)35/h2-4,6-7,16,19-20H,5,8-15,18H2,1H3,(H,31,37). The number of likely N-dealkylation sites (tertiary alicyclic amines) is 1. The third-order valence-electron chi connectivity index (χ3n) is 7.80. The normalized spacial score (nSPS) is 17.9. The van der Waals surface area contributed by atoms with Gasteiger partial charge in [0.15, 0.2) is 5.78 Å². The second-order valence-electron chi connectivity index (χ2n) is 10.6. The molecule has 12 heteroatoms. The molecule has 0 radical (unpaired) electrons. The molecule has 0 bridgehead atoms. The van der Waals surface area contributed by atoms with Crippen LogP contribution in [0.2, 0.25) is 0 Å².